The lowest BCUT2D eigenvalue weighted by Crippen LogP contribution is -2.60. The summed E-state index contributed by atoms with van der Waals surface area (Å²) in [6, 6.07) is 0. The zero-order chi connectivity index (χ0) is 45.5. The molecule has 2 unspecified atom stereocenters. The van der Waals surface area contributed by atoms with Gasteiger partial charge in [0, 0.05) is 12.8 Å². The summed E-state index contributed by atoms with van der Waals surface area (Å²) >= 11 is 0. The Bertz CT molecular complexity index is 1420. The maximum Gasteiger partial charge on any atom is 0.306 e. The van der Waals surface area contributed by atoms with Gasteiger partial charge in [0.05, 0.1) is 6.61 Å². The predicted molar refractivity (Wildman–Crippen MR) is 247 cm³/mol. The standard InChI is InChI=1S/C49H82O12S/c1-3-5-7-9-11-13-15-17-19-20-21-22-24-26-28-30-32-34-36-38-45(51)60-42(40-59-49-48(54)47(53)46(52)43(61-49)41-62(55,56)57)39-58-44(50)37-35-33-31-29-27-25-23-18-16-14-12-10-8-6-4-2/h11,13,17-19,21-23,26,28,32,34,42-43,46-49,52-54H,3-10,12,14-16,20,24-25,27,29-31,33,35-41H2,1-2H3,(H,55,56,57)/b13-11+,19-17+,22-21+,23-18+,28-26+,34-32+/t42-,43-,46-,47?,48?,49+/m1/s1. The molecule has 0 bridgehead atoms. The van der Waals surface area contributed by atoms with Gasteiger partial charge in [0.15, 0.2) is 12.4 Å². The third-order valence-electron chi connectivity index (χ3n) is 10.3. The van der Waals surface area contributed by atoms with E-state index in [1.54, 1.807) is 0 Å². The minimum absolute atomic E-state index is 0.0361. The second-order valence-corrected chi connectivity index (χ2v) is 17.6. The van der Waals surface area contributed by atoms with E-state index in [0.29, 0.717) is 19.3 Å². The molecule has 0 aliphatic carbocycles. The number of unbranched alkanes of at least 4 members (excludes halogenated alkanes) is 14. The number of aliphatic hydroxyl groups excluding tert-OH is 3. The van der Waals surface area contributed by atoms with Gasteiger partial charge >= 0.3 is 11.9 Å². The van der Waals surface area contributed by atoms with Crippen molar-refractivity contribution in [2.45, 2.75) is 205 Å². The lowest BCUT2D eigenvalue weighted by molar-refractivity contribution is -0.297. The molecule has 1 aliphatic heterocycles. The highest BCUT2D eigenvalue weighted by atomic mass is 32.2. The third kappa shape index (κ3) is 32.7. The Kier molecular flexibility index (Phi) is 35.5. The van der Waals surface area contributed by atoms with E-state index in [1.165, 1.54) is 57.8 Å². The second-order valence-electron chi connectivity index (χ2n) is 16.1. The first-order valence-electron chi connectivity index (χ1n) is 23.5. The van der Waals surface area contributed by atoms with Gasteiger partial charge in [-0.25, -0.2) is 0 Å². The zero-order valence-corrected chi connectivity index (χ0v) is 38.8. The van der Waals surface area contributed by atoms with Crippen LogP contribution >= 0.6 is 0 Å². The van der Waals surface area contributed by atoms with Gasteiger partial charge in [0.1, 0.15) is 36.8 Å². The van der Waals surface area contributed by atoms with Gasteiger partial charge in [-0.15, -0.1) is 0 Å². The maximum atomic E-state index is 12.8. The summed E-state index contributed by atoms with van der Waals surface area (Å²) in [7, 11) is -4.62. The monoisotopic (exact) mass is 895 g/mol. The molecule has 4 N–H and O–H groups in total. The molecular weight excluding hydrogens is 813 g/mol. The molecule has 0 aromatic heterocycles. The van der Waals surface area contributed by atoms with Crippen LogP contribution in [-0.4, -0.2) is 96.0 Å². The lowest BCUT2D eigenvalue weighted by atomic mass is 10.00. The van der Waals surface area contributed by atoms with Crippen molar-refractivity contribution >= 4 is 22.1 Å². The minimum atomic E-state index is -4.62. The van der Waals surface area contributed by atoms with Crippen molar-refractivity contribution in [2.24, 2.45) is 0 Å². The molecule has 1 aliphatic rings. The van der Waals surface area contributed by atoms with Crippen molar-refractivity contribution in [1.29, 1.82) is 0 Å². The smallest absolute Gasteiger partial charge is 0.306 e. The van der Waals surface area contributed by atoms with Crippen LogP contribution < -0.4 is 0 Å². The Morgan fingerprint density at radius 2 is 1.00 bits per heavy atom. The molecule has 1 saturated heterocycles. The summed E-state index contributed by atoms with van der Waals surface area (Å²) in [5.74, 6) is -2.11. The van der Waals surface area contributed by atoms with Crippen molar-refractivity contribution < 1.29 is 56.8 Å². The molecule has 0 aromatic carbocycles. The van der Waals surface area contributed by atoms with E-state index >= 15 is 0 Å². The largest absolute Gasteiger partial charge is 0.462 e. The summed E-state index contributed by atoms with van der Waals surface area (Å²) in [4.78, 5) is 25.4. The molecule has 1 fully saturated rings. The summed E-state index contributed by atoms with van der Waals surface area (Å²) in [5, 5.41) is 30.9. The summed E-state index contributed by atoms with van der Waals surface area (Å²) in [5.41, 5.74) is 0. The molecule has 0 amide bonds. The third-order valence-corrected chi connectivity index (χ3v) is 11.0. The highest BCUT2D eigenvalue weighted by Crippen LogP contribution is 2.24. The van der Waals surface area contributed by atoms with E-state index in [2.05, 4.69) is 74.6 Å². The van der Waals surface area contributed by atoms with Crippen LogP contribution in [0.15, 0.2) is 72.9 Å². The maximum absolute atomic E-state index is 12.8. The van der Waals surface area contributed by atoms with Crippen molar-refractivity contribution in [3.8, 4) is 0 Å². The normalized spacial score (nSPS) is 20.5. The number of carbonyl (C=O) groups is 2. The van der Waals surface area contributed by atoms with Crippen LogP contribution in [0.1, 0.15) is 168 Å². The molecule has 6 atom stereocenters. The van der Waals surface area contributed by atoms with E-state index in [4.69, 9.17) is 18.9 Å². The highest BCUT2D eigenvalue weighted by molar-refractivity contribution is 7.85. The molecule has 1 rings (SSSR count). The van der Waals surface area contributed by atoms with Crippen LogP contribution in [0, 0.1) is 0 Å². The van der Waals surface area contributed by atoms with Crippen LogP contribution in [0.3, 0.4) is 0 Å². The topological polar surface area (TPSA) is 186 Å². The van der Waals surface area contributed by atoms with Gasteiger partial charge in [-0.1, -0.05) is 151 Å². The molecular formula is C49H82O12S. The van der Waals surface area contributed by atoms with Crippen LogP contribution in [0.2, 0.25) is 0 Å². The van der Waals surface area contributed by atoms with E-state index in [9.17, 15) is 37.9 Å². The van der Waals surface area contributed by atoms with Crippen molar-refractivity contribution in [3.05, 3.63) is 72.9 Å². The number of carbonyl (C=O) groups excluding carboxylic acids is 2. The number of hydrogen-bond acceptors (Lipinski definition) is 11. The van der Waals surface area contributed by atoms with Gasteiger partial charge in [0.25, 0.3) is 10.1 Å². The average molecular weight is 895 g/mol. The van der Waals surface area contributed by atoms with E-state index in [0.717, 1.165) is 64.2 Å². The fourth-order valence-electron chi connectivity index (χ4n) is 6.59. The summed E-state index contributed by atoms with van der Waals surface area (Å²) in [6.45, 7) is 3.65. The number of esters is 2. The Balaban J connectivity index is 2.50. The van der Waals surface area contributed by atoms with Crippen LogP contribution in [0.5, 0.6) is 0 Å². The Morgan fingerprint density at radius 3 is 1.55 bits per heavy atom. The lowest BCUT2D eigenvalue weighted by Gasteiger charge is -2.40. The van der Waals surface area contributed by atoms with Gasteiger partial charge in [-0.05, 0) is 77.0 Å². The molecule has 0 aromatic rings. The molecule has 1 heterocycles. The predicted octanol–water partition coefficient (Wildman–Crippen LogP) is 9.89. The Morgan fingerprint density at radius 1 is 0.548 bits per heavy atom. The quantitative estimate of drug-likeness (QED) is 0.0199. The number of aliphatic hydroxyl groups is 3. The SMILES string of the molecule is CCCCC/C=C/C/C=C/C/C=C/C/C=C/C/C=C/CCC(=O)O[C@H](COC(=O)CCCCCCC/C=C/CCCCCCCC)CO[C@H]1O[C@H](CS(=O)(=O)O)[C@@H](O)C(O)C1O. The van der Waals surface area contributed by atoms with Gasteiger partial charge in [-0.3, -0.25) is 14.1 Å². The first-order valence-corrected chi connectivity index (χ1v) is 25.1. The Hall–Kier alpha value is -2.91. The molecule has 13 heteroatoms. The van der Waals surface area contributed by atoms with E-state index in [1.807, 2.05) is 12.2 Å². The van der Waals surface area contributed by atoms with Crippen molar-refractivity contribution in [2.75, 3.05) is 19.0 Å². The molecule has 12 nitrogen and oxygen atoms in total. The first kappa shape index (κ1) is 57.1. The average Bonchev–Trinajstić information content (AvgIpc) is 3.24. The number of ether oxygens (including phenoxy) is 4. The molecule has 0 spiro atoms. The molecule has 0 radical (unpaired) electrons. The van der Waals surface area contributed by atoms with Crippen LogP contribution in [0.4, 0.5) is 0 Å². The fourth-order valence-corrected chi connectivity index (χ4v) is 7.28. The van der Waals surface area contributed by atoms with Crippen molar-refractivity contribution in [1.82, 2.24) is 0 Å². The number of hydrogen-bond donors (Lipinski definition) is 4. The molecule has 62 heavy (non-hydrogen) atoms. The van der Waals surface area contributed by atoms with Crippen molar-refractivity contribution in [3.63, 3.8) is 0 Å². The fraction of sp³-hybridized carbons (Fsp3) is 0.714. The Labute approximate surface area is 374 Å². The summed E-state index contributed by atoms with van der Waals surface area (Å²) in [6.07, 6.45) is 39.5. The first-order chi connectivity index (χ1) is 30.0. The summed E-state index contributed by atoms with van der Waals surface area (Å²) < 4.78 is 54.0. The number of allylic oxidation sites excluding steroid dienone is 12. The van der Waals surface area contributed by atoms with Crippen LogP contribution in [-0.2, 0) is 38.7 Å². The van der Waals surface area contributed by atoms with Gasteiger partial charge in [-0.2, -0.15) is 8.42 Å². The minimum Gasteiger partial charge on any atom is -0.462 e. The molecule has 356 valence electrons. The van der Waals surface area contributed by atoms with E-state index in [-0.39, 0.29) is 19.4 Å². The van der Waals surface area contributed by atoms with Gasteiger partial charge < -0.3 is 34.3 Å². The zero-order valence-electron chi connectivity index (χ0n) is 37.9. The molecule has 0 saturated carbocycles. The van der Waals surface area contributed by atoms with Gasteiger partial charge in [0.2, 0.25) is 0 Å². The highest BCUT2D eigenvalue weighted by Gasteiger charge is 2.46. The van der Waals surface area contributed by atoms with Crippen LogP contribution in [0.25, 0.3) is 0 Å². The number of rotatable bonds is 38. The second kappa shape index (κ2) is 38.5. The van der Waals surface area contributed by atoms with E-state index < -0.39 is 71.2 Å².